The van der Waals surface area contributed by atoms with E-state index in [9.17, 15) is 14.4 Å². The highest BCUT2D eigenvalue weighted by molar-refractivity contribution is 6.34. The lowest BCUT2D eigenvalue weighted by atomic mass is 9.96. The van der Waals surface area contributed by atoms with Gasteiger partial charge in [0, 0.05) is 80.6 Å². The van der Waals surface area contributed by atoms with Crippen molar-refractivity contribution in [3.63, 3.8) is 0 Å². The summed E-state index contributed by atoms with van der Waals surface area (Å²) >= 11 is 13.0. The van der Waals surface area contributed by atoms with Gasteiger partial charge in [-0.15, -0.1) is 0 Å². The fourth-order valence-corrected chi connectivity index (χ4v) is 6.72. The average Bonchev–Trinajstić information content (AvgIpc) is 3.51. The van der Waals surface area contributed by atoms with Gasteiger partial charge in [-0.3, -0.25) is 19.4 Å². The van der Waals surface area contributed by atoms with E-state index in [0.29, 0.717) is 73.1 Å². The summed E-state index contributed by atoms with van der Waals surface area (Å²) in [6, 6.07) is 7.84. The molecule has 4 N–H and O–H groups in total. The van der Waals surface area contributed by atoms with Crippen molar-refractivity contribution < 1.29 is 23.5 Å². The third kappa shape index (κ3) is 8.02. The lowest BCUT2D eigenvalue weighted by molar-refractivity contribution is -0.137. The highest BCUT2D eigenvalue weighted by Gasteiger charge is 2.30. The van der Waals surface area contributed by atoms with Crippen LogP contribution in [0.4, 0.5) is 10.1 Å². The summed E-state index contributed by atoms with van der Waals surface area (Å²) < 4.78 is 22.1. The number of allylic oxidation sites excluding steroid dienone is 1. The zero-order valence-corrected chi connectivity index (χ0v) is 29.8. The van der Waals surface area contributed by atoms with Crippen LogP contribution >= 0.6 is 23.2 Å². The number of nitrogens with zero attached hydrogens (tertiary/aromatic N) is 5. The number of carbonyl (C=O) groups is 3. The van der Waals surface area contributed by atoms with Crippen LogP contribution in [0.25, 0.3) is 16.8 Å². The van der Waals surface area contributed by atoms with Crippen LogP contribution in [0.15, 0.2) is 47.7 Å². The van der Waals surface area contributed by atoms with E-state index in [1.807, 2.05) is 4.90 Å². The standard InChI is InChI=1S/C35H41Cl2FN8O4/c1-21(41-12-17-50-3)27(19-39)24-6-7-26(30(37)31(24)38)29-20-42-32(44(29)2)33(47)43-23-4-5-25(28(36)18-23)35(49)46-15-13-45(14-16-46)34(48)22-8-10-40-11-9-22/h4-7,18-20,22,40H,8-17,39H2,1-3H3,(H,43,47)/b27-19+,41-21?. The van der Waals surface area contributed by atoms with E-state index >= 15 is 4.39 Å². The molecule has 0 saturated carbocycles. The molecule has 0 radical (unpaired) electrons. The summed E-state index contributed by atoms with van der Waals surface area (Å²) in [4.78, 5) is 51.7. The number of halogens is 3. The molecule has 3 heterocycles. The van der Waals surface area contributed by atoms with Crippen molar-refractivity contribution in [3.05, 3.63) is 75.5 Å². The van der Waals surface area contributed by atoms with E-state index in [-0.39, 0.29) is 39.2 Å². The smallest absolute Gasteiger partial charge is 0.291 e. The van der Waals surface area contributed by atoms with Gasteiger partial charge in [0.15, 0.2) is 5.82 Å². The van der Waals surface area contributed by atoms with Gasteiger partial charge in [0.05, 0.1) is 40.7 Å². The van der Waals surface area contributed by atoms with Crippen molar-refractivity contribution >= 4 is 57.9 Å². The number of piperazine rings is 1. The van der Waals surface area contributed by atoms with Gasteiger partial charge in [-0.25, -0.2) is 9.37 Å². The van der Waals surface area contributed by atoms with Crippen LogP contribution in [0.5, 0.6) is 0 Å². The molecule has 15 heteroatoms. The van der Waals surface area contributed by atoms with Crippen LogP contribution in [0.3, 0.4) is 0 Å². The second kappa shape index (κ2) is 16.6. The first-order valence-electron chi connectivity index (χ1n) is 16.4. The molecule has 0 spiro atoms. The Hall–Kier alpha value is -4.30. The van der Waals surface area contributed by atoms with E-state index in [1.54, 1.807) is 50.2 Å². The Morgan fingerprint density at radius 1 is 1.10 bits per heavy atom. The Morgan fingerprint density at radius 3 is 2.44 bits per heavy atom. The van der Waals surface area contributed by atoms with E-state index in [2.05, 4.69) is 20.6 Å². The molecule has 12 nitrogen and oxygen atoms in total. The third-order valence-electron chi connectivity index (χ3n) is 9.06. The van der Waals surface area contributed by atoms with Crippen LogP contribution in [-0.2, 0) is 16.6 Å². The first-order chi connectivity index (χ1) is 24.0. The molecule has 2 aromatic carbocycles. The van der Waals surface area contributed by atoms with Gasteiger partial charge in [0.1, 0.15) is 5.82 Å². The maximum absolute atomic E-state index is 15.6. The van der Waals surface area contributed by atoms with E-state index < -0.39 is 11.7 Å². The molecule has 2 aliphatic heterocycles. The predicted octanol–water partition coefficient (Wildman–Crippen LogP) is 4.48. The molecule has 3 aromatic rings. The maximum atomic E-state index is 15.6. The van der Waals surface area contributed by atoms with Crippen molar-refractivity contribution in [2.75, 3.05) is 64.8 Å². The summed E-state index contributed by atoms with van der Waals surface area (Å²) in [7, 11) is 3.18. The predicted molar refractivity (Wildman–Crippen MR) is 193 cm³/mol. The van der Waals surface area contributed by atoms with Crippen molar-refractivity contribution in [1.82, 2.24) is 24.7 Å². The van der Waals surface area contributed by atoms with Gasteiger partial charge in [-0.1, -0.05) is 35.3 Å². The Morgan fingerprint density at radius 2 is 1.78 bits per heavy atom. The van der Waals surface area contributed by atoms with E-state index in [4.69, 9.17) is 33.7 Å². The molecule has 0 bridgehead atoms. The van der Waals surface area contributed by atoms with Crippen LogP contribution in [0.2, 0.25) is 10.0 Å². The Labute approximate surface area is 300 Å². The molecule has 50 heavy (non-hydrogen) atoms. The minimum absolute atomic E-state index is 0.0368. The maximum Gasteiger partial charge on any atom is 0.291 e. The fraction of sp³-hybridized carbons (Fsp3) is 0.400. The fourth-order valence-electron chi connectivity index (χ4n) is 6.20. The highest BCUT2D eigenvalue weighted by Crippen LogP contribution is 2.35. The second-order valence-corrected chi connectivity index (χ2v) is 12.9. The molecule has 266 valence electrons. The van der Waals surface area contributed by atoms with E-state index in [0.717, 1.165) is 25.9 Å². The average molecular weight is 728 g/mol. The van der Waals surface area contributed by atoms with Crippen LogP contribution in [0.1, 0.15) is 46.3 Å². The minimum atomic E-state index is -0.689. The van der Waals surface area contributed by atoms with Crippen LogP contribution < -0.4 is 16.4 Å². The molecule has 0 atom stereocenters. The number of ether oxygens (including phenoxy) is 1. The monoisotopic (exact) mass is 726 g/mol. The molecule has 0 unspecified atom stereocenters. The molecular weight excluding hydrogens is 686 g/mol. The van der Waals surface area contributed by atoms with Gasteiger partial charge in [-0.2, -0.15) is 0 Å². The quantitative estimate of drug-likeness (QED) is 0.206. The van der Waals surface area contributed by atoms with Gasteiger partial charge in [0.25, 0.3) is 11.8 Å². The molecule has 5 rings (SSSR count). The summed E-state index contributed by atoms with van der Waals surface area (Å²) in [5.74, 6) is -1.24. The first kappa shape index (κ1) is 37.0. The summed E-state index contributed by atoms with van der Waals surface area (Å²) in [6.07, 6.45) is 4.38. The molecular formula is C35H41Cl2FN8O4. The summed E-state index contributed by atoms with van der Waals surface area (Å²) in [6.45, 7) is 6.00. The number of rotatable bonds is 10. The lowest BCUT2D eigenvalue weighted by Gasteiger charge is -2.37. The number of piperidine rings is 1. The van der Waals surface area contributed by atoms with E-state index in [1.165, 1.54) is 23.0 Å². The van der Waals surface area contributed by atoms with Crippen LogP contribution in [-0.4, -0.2) is 102 Å². The van der Waals surface area contributed by atoms with Gasteiger partial charge < -0.3 is 35.5 Å². The Kier molecular flexibility index (Phi) is 12.3. The van der Waals surface area contributed by atoms with Crippen molar-refractivity contribution in [1.29, 1.82) is 0 Å². The number of nitrogens with two attached hydrogens (primary N) is 1. The Bertz CT molecular complexity index is 1810. The molecule has 2 saturated heterocycles. The number of benzene rings is 2. The van der Waals surface area contributed by atoms with Gasteiger partial charge >= 0.3 is 0 Å². The van der Waals surface area contributed by atoms with Gasteiger partial charge in [-0.05, 0) is 51.1 Å². The minimum Gasteiger partial charge on any atom is -0.404 e. The molecule has 2 aliphatic rings. The number of carbonyl (C=O) groups excluding carboxylic acids is 3. The molecule has 2 fully saturated rings. The highest BCUT2D eigenvalue weighted by atomic mass is 35.5. The Balaban J connectivity index is 1.24. The number of nitrogens with one attached hydrogen (secondary N) is 2. The van der Waals surface area contributed by atoms with Gasteiger partial charge in [0.2, 0.25) is 5.91 Å². The topological polar surface area (TPSA) is 147 Å². The van der Waals surface area contributed by atoms with Crippen molar-refractivity contribution in [2.45, 2.75) is 19.8 Å². The number of hydrogen-bond acceptors (Lipinski definition) is 8. The van der Waals surface area contributed by atoms with Crippen molar-refractivity contribution in [2.24, 2.45) is 23.7 Å². The first-order valence-corrected chi connectivity index (χ1v) is 17.1. The number of amides is 3. The second-order valence-electron chi connectivity index (χ2n) is 12.1. The number of aliphatic imine (C=N–C) groups is 1. The number of aromatic nitrogens is 2. The normalized spacial score (nSPS) is 16.1. The summed E-state index contributed by atoms with van der Waals surface area (Å²) in [5, 5.41) is 6.05. The third-order valence-corrected chi connectivity index (χ3v) is 9.75. The molecule has 3 amide bonds. The number of anilines is 1. The number of imidazole rings is 1. The largest absolute Gasteiger partial charge is 0.404 e. The SMILES string of the molecule is COCCN=C(C)/C(=C\N)c1ccc(-c2cnc(C(=O)Nc3ccc(C(=O)N4CCN(C(=O)C5CCNCC5)CC4)c(Cl)c3)n2C)c(Cl)c1F. The molecule has 0 aliphatic carbocycles. The molecule has 1 aromatic heterocycles. The zero-order valence-electron chi connectivity index (χ0n) is 28.3. The number of hydrogen-bond donors (Lipinski definition) is 3. The van der Waals surface area contributed by atoms with Crippen molar-refractivity contribution in [3.8, 4) is 11.3 Å². The lowest BCUT2D eigenvalue weighted by Crippen LogP contribution is -2.52. The van der Waals surface area contributed by atoms with Crippen LogP contribution in [0, 0.1) is 11.7 Å². The zero-order chi connectivity index (χ0) is 35.9. The summed E-state index contributed by atoms with van der Waals surface area (Å²) in [5.41, 5.74) is 8.32. The number of methoxy groups -OCH3 is 1.